The van der Waals surface area contributed by atoms with Gasteiger partial charge in [0.1, 0.15) is 0 Å². The van der Waals surface area contributed by atoms with Gasteiger partial charge in [-0.05, 0) is 54.3 Å². The topological polar surface area (TPSA) is 29.5 Å². The fourth-order valence-corrected chi connectivity index (χ4v) is 5.09. The van der Waals surface area contributed by atoms with Crippen molar-refractivity contribution in [2.75, 3.05) is 24.7 Å². The molecule has 2 aliphatic heterocycles. The van der Waals surface area contributed by atoms with Gasteiger partial charge in [-0.1, -0.05) is 0 Å². The quantitative estimate of drug-likeness (QED) is 0.831. The number of amides is 1. The van der Waals surface area contributed by atoms with Crippen molar-refractivity contribution in [3.8, 4) is 0 Å². The van der Waals surface area contributed by atoms with Gasteiger partial charge >= 0.3 is 0 Å². The average Bonchev–Trinajstić information content (AvgIpc) is 3.26. The maximum absolute atomic E-state index is 13.0. The van der Waals surface area contributed by atoms with Gasteiger partial charge in [0.15, 0.2) is 0 Å². The number of hydrogen-bond donors (Lipinski definition) is 0. The molecule has 1 aromatic heterocycles. The predicted molar refractivity (Wildman–Crippen MR) is 89.2 cm³/mol. The summed E-state index contributed by atoms with van der Waals surface area (Å²) in [6.45, 7) is 3.67. The summed E-state index contributed by atoms with van der Waals surface area (Å²) in [5, 5.41) is 4.14. The van der Waals surface area contributed by atoms with Gasteiger partial charge in [-0.3, -0.25) is 4.79 Å². The van der Waals surface area contributed by atoms with Crippen LogP contribution in [0.5, 0.6) is 0 Å². The first kappa shape index (κ1) is 15.4. The van der Waals surface area contributed by atoms with E-state index in [1.165, 1.54) is 5.75 Å². The van der Waals surface area contributed by atoms with Gasteiger partial charge < -0.3 is 9.64 Å². The average molecular weight is 325 g/mol. The van der Waals surface area contributed by atoms with Crippen LogP contribution in [-0.4, -0.2) is 47.6 Å². The highest BCUT2D eigenvalue weighted by atomic mass is 32.2. The van der Waals surface area contributed by atoms with E-state index in [-0.39, 0.29) is 17.9 Å². The number of carbonyl (C=O) groups excluding carboxylic acids is 1. The molecule has 21 heavy (non-hydrogen) atoms. The summed E-state index contributed by atoms with van der Waals surface area (Å²) in [5.74, 6) is 2.49. The molecule has 2 aliphatic rings. The SMILES string of the molecule is CC(C(=O)N(CC1CCCO1)C1CCSC1)c1ccsc1. The third kappa shape index (κ3) is 3.63. The number of thiophene rings is 1. The largest absolute Gasteiger partial charge is 0.376 e. The molecule has 3 rings (SSSR count). The lowest BCUT2D eigenvalue weighted by atomic mass is 10.0. The number of rotatable bonds is 5. The van der Waals surface area contributed by atoms with Gasteiger partial charge in [-0.2, -0.15) is 23.1 Å². The van der Waals surface area contributed by atoms with Crippen LogP contribution < -0.4 is 0 Å². The van der Waals surface area contributed by atoms with Crippen molar-refractivity contribution in [3.05, 3.63) is 22.4 Å². The molecule has 2 saturated heterocycles. The van der Waals surface area contributed by atoms with Crippen molar-refractivity contribution in [2.45, 2.75) is 44.2 Å². The fraction of sp³-hybridized carbons (Fsp3) is 0.688. The number of hydrogen-bond acceptors (Lipinski definition) is 4. The van der Waals surface area contributed by atoms with Crippen molar-refractivity contribution in [2.24, 2.45) is 0 Å². The summed E-state index contributed by atoms with van der Waals surface area (Å²) in [5.41, 5.74) is 1.15. The molecular weight excluding hydrogens is 302 g/mol. The molecule has 1 amide bonds. The Balaban J connectivity index is 1.71. The minimum absolute atomic E-state index is 0.0387. The number of thioether (sulfide) groups is 1. The van der Waals surface area contributed by atoms with Crippen LogP contribution in [0.4, 0.5) is 0 Å². The zero-order valence-electron chi connectivity index (χ0n) is 12.5. The molecule has 0 radical (unpaired) electrons. The molecule has 116 valence electrons. The molecule has 5 heteroatoms. The monoisotopic (exact) mass is 325 g/mol. The van der Waals surface area contributed by atoms with Crippen LogP contribution in [0.3, 0.4) is 0 Å². The van der Waals surface area contributed by atoms with E-state index in [1.807, 2.05) is 18.7 Å². The minimum atomic E-state index is -0.0387. The number of nitrogens with zero attached hydrogens (tertiary/aromatic N) is 1. The molecule has 0 bridgehead atoms. The molecule has 3 unspecified atom stereocenters. The van der Waals surface area contributed by atoms with Gasteiger partial charge in [-0.15, -0.1) is 0 Å². The Morgan fingerprint density at radius 2 is 2.43 bits per heavy atom. The molecule has 0 N–H and O–H groups in total. The normalized spacial score (nSPS) is 26.9. The highest BCUT2D eigenvalue weighted by Gasteiger charge is 2.33. The molecule has 1 aromatic rings. The van der Waals surface area contributed by atoms with E-state index in [9.17, 15) is 4.79 Å². The van der Waals surface area contributed by atoms with E-state index >= 15 is 0 Å². The zero-order chi connectivity index (χ0) is 14.7. The molecule has 2 fully saturated rings. The van der Waals surface area contributed by atoms with Crippen molar-refractivity contribution in [3.63, 3.8) is 0 Å². The Morgan fingerprint density at radius 3 is 3.05 bits per heavy atom. The lowest BCUT2D eigenvalue weighted by Crippen LogP contribution is -2.46. The summed E-state index contributed by atoms with van der Waals surface area (Å²) in [6.07, 6.45) is 3.59. The van der Waals surface area contributed by atoms with Crippen LogP contribution >= 0.6 is 23.1 Å². The molecule has 0 aromatic carbocycles. The fourth-order valence-electron chi connectivity index (χ4n) is 3.11. The lowest BCUT2D eigenvalue weighted by Gasteiger charge is -2.32. The van der Waals surface area contributed by atoms with E-state index in [0.29, 0.717) is 6.04 Å². The van der Waals surface area contributed by atoms with Crippen LogP contribution in [0.25, 0.3) is 0 Å². The van der Waals surface area contributed by atoms with Crippen LogP contribution in [0.2, 0.25) is 0 Å². The van der Waals surface area contributed by atoms with Crippen molar-refractivity contribution >= 4 is 29.0 Å². The maximum Gasteiger partial charge on any atom is 0.230 e. The molecule has 0 saturated carbocycles. The first-order valence-electron chi connectivity index (χ1n) is 7.77. The minimum Gasteiger partial charge on any atom is -0.376 e. The molecule has 0 aliphatic carbocycles. The van der Waals surface area contributed by atoms with E-state index in [0.717, 1.165) is 43.7 Å². The van der Waals surface area contributed by atoms with E-state index in [1.54, 1.807) is 11.3 Å². The maximum atomic E-state index is 13.0. The van der Waals surface area contributed by atoms with Crippen molar-refractivity contribution in [1.29, 1.82) is 0 Å². The Morgan fingerprint density at radius 1 is 1.52 bits per heavy atom. The van der Waals surface area contributed by atoms with Gasteiger partial charge in [0.05, 0.1) is 12.0 Å². The summed E-state index contributed by atoms with van der Waals surface area (Å²) in [6, 6.07) is 2.47. The van der Waals surface area contributed by atoms with Gasteiger partial charge in [0.2, 0.25) is 5.91 Å². The Labute approximate surface area is 135 Å². The summed E-state index contributed by atoms with van der Waals surface area (Å²) in [4.78, 5) is 15.1. The van der Waals surface area contributed by atoms with Crippen molar-refractivity contribution in [1.82, 2.24) is 4.90 Å². The summed E-state index contributed by atoms with van der Waals surface area (Å²) in [7, 11) is 0. The Kier molecular flexibility index (Phi) is 5.24. The van der Waals surface area contributed by atoms with Crippen LogP contribution in [0.1, 0.15) is 37.7 Å². The van der Waals surface area contributed by atoms with Crippen LogP contribution in [0.15, 0.2) is 16.8 Å². The van der Waals surface area contributed by atoms with Crippen molar-refractivity contribution < 1.29 is 9.53 Å². The Bertz CT molecular complexity index is 451. The zero-order valence-corrected chi connectivity index (χ0v) is 14.1. The van der Waals surface area contributed by atoms with E-state index in [2.05, 4.69) is 21.7 Å². The van der Waals surface area contributed by atoms with E-state index < -0.39 is 0 Å². The molecule has 3 heterocycles. The predicted octanol–water partition coefficient (Wildman–Crippen LogP) is 3.36. The summed E-state index contributed by atoms with van der Waals surface area (Å²) >= 11 is 3.63. The molecule has 3 nitrogen and oxygen atoms in total. The van der Waals surface area contributed by atoms with Gasteiger partial charge in [0.25, 0.3) is 0 Å². The standard InChI is InChI=1S/C16H23NO2S2/c1-12(13-4-7-20-10-13)16(18)17(14-5-8-21-11-14)9-15-3-2-6-19-15/h4,7,10,12,14-15H,2-3,5-6,8-9,11H2,1H3. The second kappa shape index (κ2) is 7.16. The first-order chi connectivity index (χ1) is 10.3. The van der Waals surface area contributed by atoms with Crippen LogP contribution in [0, 0.1) is 0 Å². The highest BCUT2D eigenvalue weighted by Crippen LogP contribution is 2.28. The Hall–Kier alpha value is -0.520. The molecular formula is C16H23NO2S2. The van der Waals surface area contributed by atoms with Gasteiger partial charge in [-0.25, -0.2) is 0 Å². The van der Waals surface area contributed by atoms with Crippen LogP contribution in [-0.2, 0) is 9.53 Å². The molecule has 3 atom stereocenters. The number of carbonyl (C=O) groups is 1. The third-order valence-electron chi connectivity index (χ3n) is 4.47. The third-order valence-corrected chi connectivity index (χ3v) is 6.31. The lowest BCUT2D eigenvalue weighted by molar-refractivity contribution is -0.136. The highest BCUT2D eigenvalue weighted by molar-refractivity contribution is 7.99. The smallest absolute Gasteiger partial charge is 0.230 e. The second-order valence-corrected chi connectivity index (χ2v) is 7.85. The second-order valence-electron chi connectivity index (χ2n) is 5.92. The summed E-state index contributed by atoms with van der Waals surface area (Å²) < 4.78 is 5.76. The first-order valence-corrected chi connectivity index (χ1v) is 9.87. The number of ether oxygens (including phenoxy) is 1. The van der Waals surface area contributed by atoms with Gasteiger partial charge in [0, 0.05) is 24.9 Å². The molecule has 0 spiro atoms. The van der Waals surface area contributed by atoms with E-state index in [4.69, 9.17) is 4.74 Å².